The van der Waals surface area contributed by atoms with Gasteiger partial charge in [0.15, 0.2) is 0 Å². The molecule has 29 heavy (non-hydrogen) atoms. The van der Waals surface area contributed by atoms with Gasteiger partial charge in [0.05, 0.1) is 0 Å². The van der Waals surface area contributed by atoms with Gasteiger partial charge < -0.3 is 20.5 Å². The molecule has 3 saturated carbocycles. The number of rotatable bonds is 7. The first-order valence-electron chi connectivity index (χ1n) is 11.7. The van der Waals surface area contributed by atoms with Gasteiger partial charge >= 0.3 is 12.1 Å². The molecule has 6 heteroatoms. The Morgan fingerprint density at radius 2 is 1.62 bits per heavy atom. The van der Waals surface area contributed by atoms with E-state index in [1.165, 1.54) is 57.8 Å². The van der Waals surface area contributed by atoms with Crippen molar-refractivity contribution in [2.45, 2.75) is 115 Å². The van der Waals surface area contributed by atoms with Crippen LogP contribution < -0.4 is 10.6 Å². The second kappa shape index (κ2) is 9.67. The van der Waals surface area contributed by atoms with E-state index < -0.39 is 23.7 Å². The molecular weight excluding hydrogens is 368 g/mol. The Labute approximate surface area is 175 Å². The highest BCUT2D eigenvalue weighted by Gasteiger charge is 2.45. The molecule has 3 rings (SSSR count). The SMILES string of the molecule is CC(C)(C)OC(=O)NC(CC1CC1C1CCC(NC2CCCCC2)CC1)C(=O)O. The monoisotopic (exact) mass is 408 g/mol. The molecule has 0 spiro atoms. The molecule has 0 radical (unpaired) electrons. The molecule has 3 aliphatic carbocycles. The summed E-state index contributed by atoms with van der Waals surface area (Å²) in [7, 11) is 0. The summed E-state index contributed by atoms with van der Waals surface area (Å²) < 4.78 is 5.22. The van der Waals surface area contributed by atoms with Crippen molar-refractivity contribution in [3.63, 3.8) is 0 Å². The number of carboxylic acids is 1. The van der Waals surface area contributed by atoms with Crippen LogP contribution in [-0.4, -0.2) is 40.9 Å². The summed E-state index contributed by atoms with van der Waals surface area (Å²) in [5.41, 5.74) is -0.625. The topological polar surface area (TPSA) is 87.7 Å². The lowest BCUT2D eigenvalue weighted by Gasteiger charge is -2.34. The van der Waals surface area contributed by atoms with Gasteiger partial charge in [-0.25, -0.2) is 9.59 Å². The van der Waals surface area contributed by atoms with Crippen molar-refractivity contribution in [3.8, 4) is 0 Å². The maximum absolute atomic E-state index is 12.0. The molecule has 3 aliphatic rings. The fourth-order valence-corrected chi connectivity index (χ4v) is 5.41. The van der Waals surface area contributed by atoms with E-state index in [0.29, 0.717) is 24.3 Å². The van der Waals surface area contributed by atoms with Gasteiger partial charge in [-0.15, -0.1) is 0 Å². The van der Waals surface area contributed by atoms with Crippen molar-refractivity contribution >= 4 is 12.1 Å². The zero-order chi connectivity index (χ0) is 21.0. The van der Waals surface area contributed by atoms with Crippen LogP contribution in [0.5, 0.6) is 0 Å². The number of alkyl carbamates (subject to hydrolysis) is 1. The van der Waals surface area contributed by atoms with E-state index in [2.05, 4.69) is 10.6 Å². The maximum atomic E-state index is 12.0. The summed E-state index contributed by atoms with van der Waals surface area (Å²) >= 11 is 0. The molecule has 1 amide bonds. The van der Waals surface area contributed by atoms with E-state index in [0.717, 1.165) is 18.4 Å². The minimum absolute atomic E-state index is 0.416. The predicted molar refractivity (Wildman–Crippen MR) is 113 cm³/mol. The van der Waals surface area contributed by atoms with E-state index in [1.807, 2.05) is 0 Å². The number of hydrogen-bond acceptors (Lipinski definition) is 4. The summed E-state index contributed by atoms with van der Waals surface area (Å²) in [5, 5.41) is 16.0. The number of carboxylic acid groups (broad SMARTS) is 1. The second-order valence-electron chi connectivity index (χ2n) is 10.5. The number of carbonyl (C=O) groups excluding carboxylic acids is 1. The third-order valence-corrected chi connectivity index (χ3v) is 6.96. The van der Waals surface area contributed by atoms with Crippen molar-refractivity contribution in [2.75, 3.05) is 0 Å². The Morgan fingerprint density at radius 3 is 2.21 bits per heavy atom. The minimum Gasteiger partial charge on any atom is -0.480 e. The molecule has 3 N–H and O–H groups in total. The molecule has 166 valence electrons. The molecule has 3 unspecified atom stereocenters. The minimum atomic E-state index is -0.970. The molecular formula is C23H40N2O4. The van der Waals surface area contributed by atoms with Crippen molar-refractivity contribution in [1.82, 2.24) is 10.6 Å². The number of hydrogen-bond donors (Lipinski definition) is 3. The molecule has 0 aromatic carbocycles. The van der Waals surface area contributed by atoms with Gasteiger partial charge in [-0.3, -0.25) is 0 Å². The van der Waals surface area contributed by atoms with Crippen molar-refractivity contribution < 1.29 is 19.4 Å². The van der Waals surface area contributed by atoms with E-state index in [9.17, 15) is 14.7 Å². The number of ether oxygens (including phenoxy) is 1. The number of carbonyl (C=O) groups is 2. The molecule has 6 nitrogen and oxygen atoms in total. The summed E-state index contributed by atoms with van der Waals surface area (Å²) in [6, 6.07) is 0.547. The van der Waals surface area contributed by atoms with Gasteiger partial charge in [0.25, 0.3) is 0 Å². The van der Waals surface area contributed by atoms with E-state index in [4.69, 9.17) is 4.74 Å². The highest BCUT2D eigenvalue weighted by atomic mass is 16.6. The van der Waals surface area contributed by atoms with Gasteiger partial charge in [0, 0.05) is 12.1 Å². The fourth-order valence-electron chi connectivity index (χ4n) is 5.41. The first kappa shape index (κ1) is 22.4. The first-order chi connectivity index (χ1) is 13.7. The zero-order valence-corrected chi connectivity index (χ0v) is 18.4. The molecule has 0 heterocycles. The Balaban J connectivity index is 1.38. The van der Waals surface area contributed by atoms with Gasteiger partial charge in [-0.05, 0) is 89.9 Å². The number of amides is 1. The third-order valence-electron chi connectivity index (χ3n) is 6.96. The van der Waals surface area contributed by atoms with Crippen LogP contribution in [0, 0.1) is 17.8 Å². The van der Waals surface area contributed by atoms with Gasteiger partial charge in [-0.2, -0.15) is 0 Å². The summed E-state index contributed by atoms with van der Waals surface area (Å²) in [5.74, 6) is 0.800. The van der Waals surface area contributed by atoms with Crippen LogP contribution in [0.3, 0.4) is 0 Å². The quantitative estimate of drug-likeness (QED) is 0.578. The van der Waals surface area contributed by atoms with Crippen molar-refractivity contribution in [2.24, 2.45) is 17.8 Å². The van der Waals surface area contributed by atoms with Crippen LogP contribution in [0.1, 0.15) is 91.4 Å². The van der Waals surface area contributed by atoms with Crippen molar-refractivity contribution in [3.05, 3.63) is 0 Å². The number of aliphatic carboxylic acids is 1. The largest absolute Gasteiger partial charge is 0.480 e. The lowest BCUT2D eigenvalue weighted by Crippen LogP contribution is -2.44. The average Bonchev–Trinajstić information content (AvgIpc) is 3.40. The van der Waals surface area contributed by atoms with Crippen LogP contribution in [0.4, 0.5) is 4.79 Å². The molecule has 0 saturated heterocycles. The van der Waals surface area contributed by atoms with Crippen LogP contribution in [0.2, 0.25) is 0 Å². The normalized spacial score (nSPS) is 31.7. The van der Waals surface area contributed by atoms with Crippen LogP contribution in [0.15, 0.2) is 0 Å². The van der Waals surface area contributed by atoms with Gasteiger partial charge in [0.2, 0.25) is 0 Å². The van der Waals surface area contributed by atoms with Gasteiger partial charge in [-0.1, -0.05) is 19.3 Å². The van der Waals surface area contributed by atoms with Crippen LogP contribution in [0.25, 0.3) is 0 Å². The van der Waals surface area contributed by atoms with Crippen LogP contribution in [-0.2, 0) is 9.53 Å². The van der Waals surface area contributed by atoms with E-state index in [-0.39, 0.29) is 0 Å². The number of nitrogens with one attached hydrogen (secondary N) is 2. The summed E-state index contributed by atoms with van der Waals surface area (Å²) in [6.07, 6.45) is 12.8. The van der Waals surface area contributed by atoms with E-state index in [1.54, 1.807) is 20.8 Å². The highest BCUT2D eigenvalue weighted by Crippen LogP contribution is 2.51. The molecule has 0 aromatic rings. The maximum Gasteiger partial charge on any atom is 0.408 e. The lowest BCUT2D eigenvalue weighted by atomic mass is 9.81. The lowest BCUT2D eigenvalue weighted by molar-refractivity contribution is -0.139. The Kier molecular flexibility index (Phi) is 7.47. The average molecular weight is 409 g/mol. The summed E-state index contributed by atoms with van der Waals surface area (Å²) in [4.78, 5) is 23.6. The summed E-state index contributed by atoms with van der Waals surface area (Å²) in [6.45, 7) is 5.33. The van der Waals surface area contributed by atoms with Crippen LogP contribution >= 0.6 is 0 Å². The predicted octanol–water partition coefficient (Wildman–Crippen LogP) is 4.47. The smallest absolute Gasteiger partial charge is 0.408 e. The Hall–Kier alpha value is -1.30. The standard InChI is InChI=1S/C23H40N2O4/c1-23(2,3)29-22(28)25-20(21(26)27)14-16-13-19(16)15-9-11-18(12-10-15)24-17-7-5-4-6-8-17/h15-20,24H,4-14H2,1-3H3,(H,25,28)(H,26,27). The third kappa shape index (κ3) is 7.16. The molecule has 0 aromatic heterocycles. The van der Waals surface area contributed by atoms with Gasteiger partial charge in [0.1, 0.15) is 11.6 Å². The highest BCUT2D eigenvalue weighted by molar-refractivity contribution is 5.80. The molecule has 0 bridgehead atoms. The Morgan fingerprint density at radius 1 is 1.00 bits per heavy atom. The van der Waals surface area contributed by atoms with E-state index >= 15 is 0 Å². The fraction of sp³-hybridized carbons (Fsp3) is 0.913. The first-order valence-corrected chi connectivity index (χ1v) is 11.7. The second-order valence-corrected chi connectivity index (χ2v) is 10.5. The zero-order valence-electron chi connectivity index (χ0n) is 18.4. The molecule has 3 fully saturated rings. The van der Waals surface area contributed by atoms with Crippen molar-refractivity contribution in [1.29, 1.82) is 0 Å². The molecule has 0 aliphatic heterocycles. The Bertz CT molecular complexity index is 560. The molecule has 3 atom stereocenters.